The molecule has 0 aliphatic rings. The molecule has 0 aliphatic heterocycles. The molecule has 0 unspecified atom stereocenters. The first-order valence-corrected chi connectivity index (χ1v) is 11.2. The first kappa shape index (κ1) is 23.0. The summed E-state index contributed by atoms with van der Waals surface area (Å²) in [5, 5.41) is 0.946. The number of aromatic nitrogens is 1. The van der Waals surface area contributed by atoms with Crippen LogP contribution in [0.15, 0.2) is 72.9 Å². The average molecular weight is 452 g/mol. The third kappa shape index (κ3) is 5.08. The molecule has 0 radical (unpaired) electrons. The van der Waals surface area contributed by atoms with Crippen LogP contribution in [0.2, 0.25) is 0 Å². The van der Waals surface area contributed by atoms with Gasteiger partial charge >= 0.3 is 6.18 Å². The van der Waals surface area contributed by atoms with E-state index < -0.39 is 17.6 Å². The van der Waals surface area contributed by atoms with E-state index in [-0.39, 0.29) is 5.56 Å². The van der Waals surface area contributed by atoms with Gasteiger partial charge in [-0.3, -0.25) is 4.98 Å². The Kier molecular flexibility index (Phi) is 6.77. The third-order valence-electron chi connectivity index (χ3n) is 5.92. The topological polar surface area (TPSA) is 12.9 Å². The number of halogens is 4. The van der Waals surface area contributed by atoms with E-state index in [0.29, 0.717) is 27.6 Å². The van der Waals surface area contributed by atoms with Gasteiger partial charge in [-0.2, -0.15) is 13.2 Å². The molecule has 0 amide bonds. The predicted molar refractivity (Wildman–Crippen MR) is 125 cm³/mol. The highest BCUT2D eigenvalue weighted by Crippen LogP contribution is 2.40. The van der Waals surface area contributed by atoms with E-state index in [9.17, 15) is 17.6 Å². The molecule has 0 bridgehead atoms. The summed E-state index contributed by atoms with van der Waals surface area (Å²) in [6, 6.07) is 17.5. The molecule has 3 aromatic carbocycles. The first-order valence-electron chi connectivity index (χ1n) is 11.2. The number of hydrogen-bond acceptors (Lipinski definition) is 1. The fraction of sp³-hybridized carbons (Fsp3) is 0.250. The zero-order chi connectivity index (χ0) is 23.4. The molecule has 0 N–H and O–H groups in total. The number of fused-ring (bicyclic) bond motifs is 1. The average Bonchev–Trinajstić information content (AvgIpc) is 2.81. The fourth-order valence-electron chi connectivity index (χ4n) is 4.19. The van der Waals surface area contributed by atoms with Crippen LogP contribution in [0.5, 0.6) is 0 Å². The molecular formula is C28H25F4N. The Hall–Kier alpha value is -3.21. The predicted octanol–water partition coefficient (Wildman–Crippen LogP) is 8.85. The number of benzene rings is 3. The second-order valence-electron chi connectivity index (χ2n) is 8.26. The van der Waals surface area contributed by atoms with Crippen LogP contribution in [0.25, 0.3) is 33.2 Å². The van der Waals surface area contributed by atoms with Crippen LogP contribution in [-0.2, 0) is 12.6 Å². The maximum atomic E-state index is 14.6. The molecule has 0 saturated carbocycles. The highest BCUT2D eigenvalue weighted by atomic mass is 19.4. The molecule has 1 aromatic heterocycles. The monoisotopic (exact) mass is 451 g/mol. The highest BCUT2D eigenvalue weighted by Gasteiger charge is 2.34. The summed E-state index contributed by atoms with van der Waals surface area (Å²) in [7, 11) is 0. The van der Waals surface area contributed by atoms with Gasteiger partial charge in [0.05, 0.1) is 11.3 Å². The lowest BCUT2D eigenvalue weighted by molar-refractivity contribution is -0.137. The molecule has 0 spiro atoms. The van der Waals surface area contributed by atoms with Crippen molar-refractivity contribution in [3.8, 4) is 22.4 Å². The van der Waals surface area contributed by atoms with Crippen molar-refractivity contribution in [3.63, 3.8) is 0 Å². The molecule has 4 aromatic rings. The number of rotatable bonds is 7. The van der Waals surface area contributed by atoms with Gasteiger partial charge in [-0.05, 0) is 59.2 Å². The number of unbranched alkanes of at least 4 members (excludes halogenated alkanes) is 3. The minimum atomic E-state index is -4.51. The molecular weight excluding hydrogens is 426 g/mol. The molecule has 4 rings (SSSR count). The van der Waals surface area contributed by atoms with Crippen molar-refractivity contribution < 1.29 is 17.6 Å². The van der Waals surface area contributed by atoms with Crippen LogP contribution in [0.1, 0.15) is 43.7 Å². The minimum Gasteiger partial charge on any atom is -0.255 e. The van der Waals surface area contributed by atoms with Gasteiger partial charge in [0.25, 0.3) is 0 Å². The second kappa shape index (κ2) is 9.74. The Bertz CT molecular complexity index is 1240. The summed E-state index contributed by atoms with van der Waals surface area (Å²) in [5.74, 6) is -0.454. The largest absolute Gasteiger partial charge is 0.417 e. The normalized spacial score (nSPS) is 11.8. The van der Waals surface area contributed by atoms with E-state index in [4.69, 9.17) is 0 Å². The van der Waals surface area contributed by atoms with Crippen LogP contribution in [0.4, 0.5) is 17.6 Å². The molecule has 1 heterocycles. The summed E-state index contributed by atoms with van der Waals surface area (Å²) in [5.41, 5.74) is 1.69. The third-order valence-corrected chi connectivity index (χ3v) is 5.92. The smallest absolute Gasteiger partial charge is 0.255 e. The Balaban J connectivity index is 1.76. The van der Waals surface area contributed by atoms with Crippen molar-refractivity contribution in [1.82, 2.24) is 4.98 Å². The number of alkyl halides is 3. The number of pyridine rings is 1. The van der Waals surface area contributed by atoms with Crippen molar-refractivity contribution in [2.75, 3.05) is 0 Å². The first-order chi connectivity index (χ1) is 15.9. The van der Waals surface area contributed by atoms with E-state index in [1.54, 1.807) is 36.5 Å². The van der Waals surface area contributed by atoms with Crippen LogP contribution >= 0.6 is 0 Å². The Morgan fingerprint density at radius 3 is 2.30 bits per heavy atom. The van der Waals surface area contributed by atoms with Gasteiger partial charge in [-0.1, -0.05) is 68.7 Å². The second-order valence-corrected chi connectivity index (χ2v) is 8.26. The van der Waals surface area contributed by atoms with Crippen molar-refractivity contribution in [2.45, 2.75) is 45.2 Å². The lowest BCUT2D eigenvalue weighted by Crippen LogP contribution is -2.07. The lowest BCUT2D eigenvalue weighted by Gasteiger charge is -2.16. The molecule has 5 heteroatoms. The summed E-state index contributed by atoms with van der Waals surface area (Å²) >= 11 is 0. The van der Waals surface area contributed by atoms with E-state index in [2.05, 4.69) is 11.9 Å². The van der Waals surface area contributed by atoms with Crippen LogP contribution < -0.4 is 0 Å². The zero-order valence-corrected chi connectivity index (χ0v) is 18.4. The fourth-order valence-corrected chi connectivity index (χ4v) is 4.19. The van der Waals surface area contributed by atoms with Crippen LogP contribution in [-0.4, -0.2) is 4.98 Å². The zero-order valence-electron chi connectivity index (χ0n) is 18.4. The van der Waals surface area contributed by atoms with Gasteiger partial charge in [-0.25, -0.2) is 4.39 Å². The Labute approximate surface area is 191 Å². The summed E-state index contributed by atoms with van der Waals surface area (Å²) in [4.78, 5) is 4.31. The molecule has 1 nitrogen and oxygen atoms in total. The molecule has 0 saturated heterocycles. The maximum absolute atomic E-state index is 14.6. The van der Waals surface area contributed by atoms with Crippen molar-refractivity contribution in [1.29, 1.82) is 0 Å². The van der Waals surface area contributed by atoms with Crippen LogP contribution in [0, 0.1) is 5.82 Å². The van der Waals surface area contributed by atoms with E-state index in [0.717, 1.165) is 37.3 Å². The van der Waals surface area contributed by atoms with E-state index in [1.165, 1.54) is 24.6 Å². The Morgan fingerprint density at radius 2 is 1.58 bits per heavy atom. The van der Waals surface area contributed by atoms with Gasteiger partial charge < -0.3 is 0 Å². The van der Waals surface area contributed by atoms with Gasteiger partial charge in [0.1, 0.15) is 5.82 Å². The SMILES string of the molecule is CCCCCCc1ccc(-c2cc(-c3nccc4cccc(F)c34)ccc2C(F)(F)F)cc1. The van der Waals surface area contributed by atoms with Crippen molar-refractivity contribution in [2.24, 2.45) is 0 Å². The number of hydrogen-bond donors (Lipinski definition) is 0. The van der Waals surface area contributed by atoms with Gasteiger partial charge in [-0.15, -0.1) is 0 Å². The van der Waals surface area contributed by atoms with E-state index >= 15 is 0 Å². The summed E-state index contributed by atoms with van der Waals surface area (Å²) in [6.45, 7) is 2.16. The quantitative estimate of drug-likeness (QED) is 0.202. The van der Waals surface area contributed by atoms with Gasteiger partial charge in [0.2, 0.25) is 0 Å². The lowest BCUT2D eigenvalue weighted by atomic mass is 9.93. The molecule has 170 valence electrons. The molecule has 0 aliphatic carbocycles. The van der Waals surface area contributed by atoms with E-state index in [1.807, 2.05) is 12.1 Å². The number of aryl methyl sites for hydroxylation is 1. The van der Waals surface area contributed by atoms with Gasteiger partial charge in [0.15, 0.2) is 0 Å². The molecule has 33 heavy (non-hydrogen) atoms. The maximum Gasteiger partial charge on any atom is 0.417 e. The van der Waals surface area contributed by atoms with Crippen molar-refractivity contribution >= 4 is 10.8 Å². The molecule has 0 atom stereocenters. The summed E-state index contributed by atoms with van der Waals surface area (Å²) in [6.07, 6.45) is 2.49. The van der Waals surface area contributed by atoms with Crippen LogP contribution in [0.3, 0.4) is 0 Å². The number of nitrogens with zero attached hydrogens (tertiary/aromatic N) is 1. The highest BCUT2D eigenvalue weighted by molar-refractivity contribution is 5.95. The minimum absolute atomic E-state index is 0.0627. The Morgan fingerprint density at radius 1 is 0.818 bits per heavy atom. The van der Waals surface area contributed by atoms with Crippen molar-refractivity contribution in [3.05, 3.63) is 89.9 Å². The van der Waals surface area contributed by atoms with Gasteiger partial charge in [0, 0.05) is 17.1 Å². The molecule has 0 fully saturated rings. The summed E-state index contributed by atoms with van der Waals surface area (Å²) < 4.78 is 56.1. The standard InChI is InChI=1S/C28H25F4N/c1-2-3-4-5-7-19-10-12-20(13-11-19)23-18-22(14-15-24(23)28(30,31)32)27-26-21(16-17-33-27)8-6-9-25(26)29/h6,8-18H,2-5,7H2,1H3.